The summed E-state index contributed by atoms with van der Waals surface area (Å²) in [5, 5.41) is 21.1. The third-order valence-electron chi connectivity index (χ3n) is 1.96. The molecule has 0 heterocycles. The minimum Gasteiger partial charge on any atom is -0.396 e. The zero-order chi connectivity index (χ0) is 10.1. The van der Waals surface area contributed by atoms with Gasteiger partial charge in [-0.2, -0.15) is 0 Å². The van der Waals surface area contributed by atoms with Crippen LogP contribution in [0.2, 0.25) is 0 Å². The van der Waals surface area contributed by atoms with E-state index >= 15 is 0 Å². The second-order valence-electron chi connectivity index (χ2n) is 3.13. The average molecular weight is 191 g/mol. The van der Waals surface area contributed by atoms with Crippen LogP contribution in [0.3, 0.4) is 0 Å². The summed E-state index contributed by atoms with van der Waals surface area (Å²) < 4.78 is 4.97. The zero-order valence-corrected chi connectivity index (χ0v) is 8.49. The van der Waals surface area contributed by atoms with Crippen molar-refractivity contribution in [1.29, 1.82) is 0 Å². The van der Waals surface area contributed by atoms with Crippen molar-refractivity contribution in [2.24, 2.45) is 0 Å². The fourth-order valence-corrected chi connectivity index (χ4v) is 1.05. The van der Waals surface area contributed by atoms with E-state index < -0.39 is 0 Å². The quantitative estimate of drug-likeness (QED) is 0.495. The fourth-order valence-electron chi connectivity index (χ4n) is 1.05. The molecule has 2 unspecified atom stereocenters. The molecule has 0 radical (unpaired) electrons. The molecule has 13 heavy (non-hydrogen) atoms. The van der Waals surface area contributed by atoms with Gasteiger partial charge < -0.3 is 20.3 Å². The molecule has 0 saturated carbocycles. The van der Waals surface area contributed by atoms with Gasteiger partial charge in [0.1, 0.15) is 0 Å². The van der Waals surface area contributed by atoms with E-state index in [-0.39, 0.29) is 18.8 Å². The van der Waals surface area contributed by atoms with E-state index in [1.165, 1.54) is 0 Å². The van der Waals surface area contributed by atoms with Crippen molar-refractivity contribution in [3.8, 4) is 0 Å². The highest BCUT2D eigenvalue weighted by atomic mass is 16.5. The Labute approximate surface area is 79.9 Å². The van der Waals surface area contributed by atoms with Crippen molar-refractivity contribution in [3.63, 3.8) is 0 Å². The Hall–Kier alpha value is -0.160. The number of rotatable bonds is 8. The summed E-state index contributed by atoms with van der Waals surface area (Å²) in [6.45, 7) is 3.20. The predicted octanol–water partition coefficient (Wildman–Crippen LogP) is -0.256. The predicted molar refractivity (Wildman–Crippen MR) is 51.7 cm³/mol. The summed E-state index contributed by atoms with van der Waals surface area (Å²) in [6, 6.07) is 0.135. The highest BCUT2D eigenvalue weighted by Crippen LogP contribution is 1.94. The topological polar surface area (TPSA) is 61.7 Å². The van der Waals surface area contributed by atoms with Crippen LogP contribution in [0, 0.1) is 0 Å². The molecule has 80 valence electrons. The lowest BCUT2D eigenvalue weighted by Crippen LogP contribution is -2.38. The molecule has 0 aliphatic carbocycles. The SMILES string of the molecule is CCC(O)CNC(CCO)COC. The Bertz CT molecular complexity index is 105. The molecule has 0 aromatic rings. The minimum atomic E-state index is -0.307. The van der Waals surface area contributed by atoms with Crippen molar-refractivity contribution in [1.82, 2.24) is 5.32 Å². The third-order valence-corrected chi connectivity index (χ3v) is 1.96. The van der Waals surface area contributed by atoms with E-state index in [1.807, 2.05) is 6.92 Å². The van der Waals surface area contributed by atoms with Crippen molar-refractivity contribution in [2.45, 2.75) is 31.9 Å². The highest BCUT2D eigenvalue weighted by Gasteiger charge is 2.08. The van der Waals surface area contributed by atoms with Gasteiger partial charge in [0.2, 0.25) is 0 Å². The van der Waals surface area contributed by atoms with Crippen LogP contribution in [0.1, 0.15) is 19.8 Å². The standard InChI is InChI=1S/C9H21NO3/c1-3-9(12)6-10-8(4-5-11)7-13-2/h8-12H,3-7H2,1-2H3. The average Bonchev–Trinajstić information content (AvgIpc) is 2.14. The molecule has 0 bridgehead atoms. The van der Waals surface area contributed by atoms with Crippen LogP contribution < -0.4 is 5.32 Å². The first-order valence-electron chi connectivity index (χ1n) is 4.75. The highest BCUT2D eigenvalue weighted by molar-refractivity contribution is 4.68. The summed E-state index contributed by atoms with van der Waals surface area (Å²) in [5.74, 6) is 0. The molecule has 4 heteroatoms. The van der Waals surface area contributed by atoms with Crippen LogP contribution in [0.15, 0.2) is 0 Å². The Kier molecular flexibility index (Phi) is 8.33. The van der Waals surface area contributed by atoms with Crippen molar-refractivity contribution < 1.29 is 14.9 Å². The molecule has 0 aliphatic heterocycles. The van der Waals surface area contributed by atoms with Gasteiger partial charge in [0.05, 0.1) is 12.7 Å². The van der Waals surface area contributed by atoms with Crippen LogP contribution in [0.4, 0.5) is 0 Å². The number of hydrogen-bond acceptors (Lipinski definition) is 4. The molecule has 0 fully saturated rings. The van der Waals surface area contributed by atoms with Crippen molar-refractivity contribution in [3.05, 3.63) is 0 Å². The first-order valence-corrected chi connectivity index (χ1v) is 4.75. The van der Waals surface area contributed by atoms with E-state index in [0.717, 1.165) is 6.42 Å². The van der Waals surface area contributed by atoms with E-state index in [9.17, 15) is 5.11 Å². The summed E-state index contributed by atoms with van der Waals surface area (Å²) in [5.41, 5.74) is 0. The van der Waals surface area contributed by atoms with Crippen molar-refractivity contribution in [2.75, 3.05) is 26.9 Å². The van der Waals surface area contributed by atoms with E-state index in [2.05, 4.69) is 5.32 Å². The number of ether oxygens (including phenoxy) is 1. The molecule has 4 nitrogen and oxygen atoms in total. The van der Waals surface area contributed by atoms with Crippen LogP contribution in [-0.2, 0) is 4.74 Å². The second-order valence-corrected chi connectivity index (χ2v) is 3.13. The monoisotopic (exact) mass is 191 g/mol. The summed E-state index contributed by atoms with van der Waals surface area (Å²) in [6.07, 6.45) is 1.09. The number of aliphatic hydroxyl groups is 2. The van der Waals surface area contributed by atoms with Gasteiger partial charge in [0, 0.05) is 26.3 Å². The Morgan fingerprint density at radius 3 is 2.62 bits per heavy atom. The first-order chi connectivity index (χ1) is 6.24. The maximum Gasteiger partial charge on any atom is 0.0662 e. The van der Waals surface area contributed by atoms with Gasteiger partial charge in [-0.15, -0.1) is 0 Å². The van der Waals surface area contributed by atoms with Gasteiger partial charge in [0.25, 0.3) is 0 Å². The third kappa shape index (κ3) is 6.95. The number of nitrogens with one attached hydrogen (secondary N) is 1. The first kappa shape index (κ1) is 12.8. The summed E-state index contributed by atoms with van der Waals surface area (Å²) >= 11 is 0. The smallest absolute Gasteiger partial charge is 0.0662 e. The molecule has 0 spiro atoms. The van der Waals surface area contributed by atoms with Crippen molar-refractivity contribution >= 4 is 0 Å². The molecule has 3 N–H and O–H groups in total. The molecule has 0 saturated heterocycles. The van der Waals surface area contributed by atoms with Crippen LogP contribution in [0.5, 0.6) is 0 Å². The Morgan fingerprint density at radius 2 is 2.15 bits per heavy atom. The second kappa shape index (κ2) is 8.44. The maximum atomic E-state index is 9.28. The van der Waals surface area contributed by atoms with Gasteiger partial charge in [-0.05, 0) is 12.8 Å². The molecule has 0 aromatic heterocycles. The van der Waals surface area contributed by atoms with Crippen LogP contribution >= 0.6 is 0 Å². The lowest BCUT2D eigenvalue weighted by molar-refractivity contribution is 0.125. The van der Waals surface area contributed by atoms with Gasteiger partial charge in [-0.25, -0.2) is 0 Å². The fraction of sp³-hybridized carbons (Fsp3) is 1.00. The van der Waals surface area contributed by atoms with E-state index in [1.54, 1.807) is 7.11 Å². The van der Waals surface area contributed by atoms with E-state index in [0.29, 0.717) is 19.6 Å². The van der Waals surface area contributed by atoms with Gasteiger partial charge in [-0.1, -0.05) is 6.92 Å². The molecule has 0 aliphatic rings. The lowest BCUT2D eigenvalue weighted by Gasteiger charge is -2.18. The number of methoxy groups -OCH3 is 1. The molecule has 0 rings (SSSR count). The summed E-state index contributed by atoms with van der Waals surface area (Å²) in [7, 11) is 1.63. The van der Waals surface area contributed by atoms with Gasteiger partial charge in [0.15, 0.2) is 0 Å². The molecular formula is C9H21NO3. The molecule has 0 aromatic carbocycles. The molecule has 2 atom stereocenters. The van der Waals surface area contributed by atoms with Crippen LogP contribution in [-0.4, -0.2) is 49.2 Å². The Morgan fingerprint density at radius 1 is 1.46 bits per heavy atom. The molecular weight excluding hydrogens is 170 g/mol. The van der Waals surface area contributed by atoms with Gasteiger partial charge in [-0.3, -0.25) is 0 Å². The lowest BCUT2D eigenvalue weighted by atomic mass is 10.2. The molecule has 0 amide bonds. The van der Waals surface area contributed by atoms with E-state index in [4.69, 9.17) is 9.84 Å². The van der Waals surface area contributed by atoms with Crippen LogP contribution in [0.25, 0.3) is 0 Å². The maximum absolute atomic E-state index is 9.28. The van der Waals surface area contributed by atoms with Gasteiger partial charge >= 0.3 is 0 Å². The number of aliphatic hydroxyl groups excluding tert-OH is 2. The normalized spacial score (nSPS) is 15.7. The number of hydrogen-bond donors (Lipinski definition) is 3. The Balaban J connectivity index is 3.55. The zero-order valence-electron chi connectivity index (χ0n) is 8.49. The summed E-state index contributed by atoms with van der Waals surface area (Å²) in [4.78, 5) is 0. The minimum absolute atomic E-state index is 0.135. The largest absolute Gasteiger partial charge is 0.396 e.